The third kappa shape index (κ3) is 3.38. The van der Waals surface area contributed by atoms with Gasteiger partial charge in [0, 0.05) is 13.0 Å². The van der Waals surface area contributed by atoms with Crippen LogP contribution in [0.4, 0.5) is 0 Å². The van der Waals surface area contributed by atoms with Crippen molar-refractivity contribution in [2.45, 2.75) is 13.0 Å². The maximum atomic E-state index is 11.1. The van der Waals surface area contributed by atoms with Gasteiger partial charge in [0.2, 0.25) is 5.91 Å². The van der Waals surface area contributed by atoms with E-state index in [9.17, 15) is 9.59 Å². The van der Waals surface area contributed by atoms with Gasteiger partial charge in [0.15, 0.2) is 6.04 Å². The number of hydrogen-bond acceptors (Lipinski definition) is 4. The van der Waals surface area contributed by atoms with Crippen LogP contribution >= 0.6 is 0 Å². The zero-order valence-electron chi connectivity index (χ0n) is 10.4. The fourth-order valence-corrected chi connectivity index (χ4v) is 1.49. The Kier molecular flexibility index (Phi) is 4.53. The van der Waals surface area contributed by atoms with Crippen molar-refractivity contribution in [3.63, 3.8) is 0 Å². The van der Waals surface area contributed by atoms with Crippen molar-refractivity contribution in [2.24, 2.45) is 0 Å². The minimum Gasteiger partial charge on any atom is -0.497 e. The zero-order chi connectivity index (χ0) is 13.7. The van der Waals surface area contributed by atoms with Crippen LogP contribution in [0.25, 0.3) is 0 Å². The molecule has 1 amide bonds. The number of carbonyl (C=O) groups excluding carboxylic acids is 1. The van der Waals surface area contributed by atoms with Gasteiger partial charge in [-0.3, -0.25) is 4.79 Å². The van der Waals surface area contributed by atoms with Crippen LogP contribution in [0.5, 0.6) is 11.5 Å². The minimum atomic E-state index is -1.15. The monoisotopic (exact) mass is 253 g/mol. The van der Waals surface area contributed by atoms with Gasteiger partial charge in [0.25, 0.3) is 0 Å². The highest BCUT2D eigenvalue weighted by Gasteiger charge is 2.22. The van der Waals surface area contributed by atoms with Gasteiger partial charge in [-0.25, -0.2) is 4.79 Å². The van der Waals surface area contributed by atoms with E-state index in [4.69, 9.17) is 14.6 Å². The molecule has 0 aliphatic carbocycles. The number of hydrogen-bond donors (Lipinski definition) is 2. The van der Waals surface area contributed by atoms with Crippen LogP contribution in [0, 0.1) is 0 Å². The van der Waals surface area contributed by atoms with Crippen molar-refractivity contribution in [3.8, 4) is 11.5 Å². The van der Waals surface area contributed by atoms with Gasteiger partial charge < -0.3 is 19.9 Å². The molecule has 0 radical (unpaired) electrons. The number of ether oxygens (including phenoxy) is 2. The molecular weight excluding hydrogens is 238 g/mol. The van der Waals surface area contributed by atoms with E-state index >= 15 is 0 Å². The second kappa shape index (κ2) is 5.90. The van der Waals surface area contributed by atoms with Crippen LogP contribution < -0.4 is 14.8 Å². The second-order valence-electron chi connectivity index (χ2n) is 3.62. The number of carbonyl (C=O) groups is 2. The third-order valence-corrected chi connectivity index (χ3v) is 2.30. The van der Waals surface area contributed by atoms with Gasteiger partial charge in [-0.15, -0.1) is 0 Å². The summed E-state index contributed by atoms with van der Waals surface area (Å²) >= 11 is 0. The van der Waals surface area contributed by atoms with Gasteiger partial charge in [0.05, 0.1) is 14.2 Å². The van der Waals surface area contributed by atoms with Crippen molar-refractivity contribution in [1.82, 2.24) is 5.32 Å². The van der Waals surface area contributed by atoms with Crippen LogP contribution in [-0.2, 0) is 9.59 Å². The van der Waals surface area contributed by atoms with E-state index in [1.54, 1.807) is 6.07 Å². The van der Waals surface area contributed by atoms with Crippen molar-refractivity contribution >= 4 is 11.9 Å². The molecule has 98 valence electrons. The van der Waals surface area contributed by atoms with Crippen molar-refractivity contribution in [1.29, 1.82) is 0 Å². The maximum absolute atomic E-state index is 11.1. The van der Waals surface area contributed by atoms with Crippen LogP contribution in [0.3, 0.4) is 0 Å². The fraction of sp³-hybridized carbons (Fsp3) is 0.333. The van der Waals surface area contributed by atoms with Gasteiger partial charge in [-0.1, -0.05) is 0 Å². The highest BCUT2D eigenvalue weighted by molar-refractivity contribution is 5.83. The molecule has 2 N–H and O–H groups in total. The number of methoxy groups -OCH3 is 2. The first-order valence-corrected chi connectivity index (χ1v) is 5.20. The summed E-state index contributed by atoms with van der Waals surface area (Å²) < 4.78 is 10.1. The Labute approximate surface area is 105 Å². The number of carboxylic acids is 1. The van der Waals surface area contributed by atoms with Crippen molar-refractivity contribution < 1.29 is 24.2 Å². The Balaban J connectivity index is 3.17. The molecule has 0 spiro atoms. The number of amides is 1. The molecule has 0 aliphatic heterocycles. The maximum Gasteiger partial charge on any atom is 0.330 e. The van der Waals surface area contributed by atoms with Gasteiger partial charge >= 0.3 is 5.97 Å². The standard InChI is InChI=1S/C12H15NO5/c1-7(14)13-11(12(15)16)8-4-9(17-2)6-10(5-8)18-3/h4-6,11H,1-3H3,(H,13,14)(H,15,16)/t11-/m0/s1. The Morgan fingerprint density at radius 2 is 1.67 bits per heavy atom. The van der Waals surface area contributed by atoms with Crippen LogP contribution in [0.1, 0.15) is 18.5 Å². The van der Waals surface area contributed by atoms with E-state index in [2.05, 4.69) is 5.32 Å². The summed E-state index contributed by atoms with van der Waals surface area (Å²) in [5.74, 6) is -0.661. The summed E-state index contributed by atoms with van der Waals surface area (Å²) in [6.45, 7) is 1.26. The lowest BCUT2D eigenvalue weighted by Gasteiger charge is -2.15. The van der Waals surface area contributed by atoms with Gasteiger partial charge in [-0.2, -0.15) is 0 Å². The highest BCUT2D eigenvalue weighted by atomic mass is 16.5. The summed E-state index contributed by atoms with van der Waals surface area (Å²) in [5.41, 5.74) is 0.383. The summed E-state index contributed by atoms with van der Waals surface area (Å²) in [6.07, 6.45) is 0. The normalized spacial score (nSPS) is 11.5. The first-order chi connectivity index (χ1) is 8.47. The number of carboxylic acid groups (broad SMARTS) is 1. The first kappa shape index (κ1) is 13.8. The summed E-state index contributed by atoms with van der Waals surface area (Å²) in [7, 11) is 2.93. The zero-order valence-corrected chi connectivity index (χ0v) is 10.4. The molecule has 0 saturated heterocycles. The van der Waals surface area contributed by atoms with E-state index in [0.29, 0.717) is 17.1 Å². The Hall–Kier alpha value is -2.24. The summed E-state index contributed by atoms with van der Waals surface area (Å²) in [6, 6.07) is 3.57. The minimum absolute atomic E-state index is 0.383. The lowest BCUT2D eigenvalue weighted by atomic mass is 10.1. The summed E-state index contributed by atoms with van der Waals surface area (Å²) in [5, 5.41) is 11.5. The average Bonchev–Trinajstić information content (AvgIpc) is 2.34. The molecular formula is C12H15NO5. The number of rotatable bonds is 5. The average molecular weight is 253 g/mol. The lowest BCUT2D eigenvalue weighted by molar-refractivity contribution is -0.141. The molecule has 0 unspecified atom stereocenters. The molecule has 0 aromatic heterocycles. The van der Waals surface area contributed by atoms with E-state index < -0.39 is 17.9 Å². The molecule has 0 aliphatic rings. The largest absolute Gasteiger partial charge is 0.497 e. The van der Waals surface area contributed by atoms with Crippen LogP contribution in [0.2, 0.25) is 0 Å². The third-order valence-electron chi connectivity index (χ3n) is 2.30. The Morgan fingerprint density at radius 1 is 1.17 bits per heavy atom. The molecule has 0 heterocycles. The molecule has 0 saturated carbocycles. The molecule has 6 heteroatoms. The number of benzene rings is 1. The quantitative estimate of drug-likeness (QED) is 0.816. The molecule has 0 bridgehead atoms. The predicted molar refractivity (Wildman–Crippen MR) is 63.7 cm³/mol. The van der Waals surface area contributed by atoms with E-state index in [1.165, 1.54) is 33.3 Å². The van der Waals surface area contributed by atoms with Gasteiger partial charge in [-0.05, 0) is 17.7 Å². The van der Waals surface area contributed by atoms with Crippen LogP contribution in [0.15, 0.2) is 18.2 Å². The molecule has 1 rings (SSSR count). The SMILES string of the molecule is COc1cc(OC)cc([C@H](NC(C)=O)C(=O)O)c1. The Morgan fingerprint density at radius 3 is 2.00 bits per heavy atom. The van der Waals surface area contributed by atoms with Crippen molar-refractivity contribution in [2.75, 3.05) is 14.2 Å². The fourth-order valence-electron chi connectivity index (χ4n) is 1.49. The Bertz CT molecular complexity index is 436. The highest BCUT2D eigenvalue weighted by Crippen LogP contribution is 2.26. The molecule has 1 aromatic rings. The number of nitrogens with one attached hydrogen (secondary N) is 1. The molecule has 1 atom stereocenters. The summed E-state index contributed by atoms with van der Waals surface area (Å²) in [4.78, 5) is 22.1. The van der Waals surface area contributed by atoms with Gasteiger partial charge in [0.1, 0.15) is 11.5 Å². The molecule has 1 aromatic carbocycles. The number of aliphatic carboxylic acids is 1. The van der Waals surface area contributed by atoms with E-state index in [0.717, 1.165) is 0 Å². The molecule has 18 heavy (non-hydrogen) atoms. The lowest BCUT2D eigenvalue weighted by Crippen LogP contribution is -2.32. The second-order valence-corrected chi connectivity index (χ2v) is 3.62. The van der Waals surface area contributed by atoms with Crippen LogP contribution in [-0.4, -0.2) is 31.2 Å². The smallest absolute Gasteiger partial charge is 0.330 e. The molecule has 6 nitrogen and oxygen atoms in total. The molecule has 0 fully saturated rings. The topological polar surface area (TPSA) is 84.9 Å². The first-order valence-electron chi connectivity index (χ1n) is 5.20. The predicted octanol–water partition coefficient (Wildman–Crippen LogP) is 0.966. The van der Waals surface area contributed by atoms with E-state index in [-0.39, 0.29) is 0 Å². The van der Waals surface area contributed by atoms with E-state index in [1.807, 2.05) is 0 Å². The van der Waals surface area contributed by atoms with Crippen molar-refractivity contribution in [3.05, 3.63) is 23.8 Å².